The van der Waals surface area contributed by atoms with E-state index in [4.69, 9.17) is 0 Å². The van der Waals surface area contributed by atoms with Gasteiger partial charge in [-0.3, -0.25) is 10.1 Å². The Balaban J connectivity index is 1.96. The summed E-state index contributed by atoms with van der Waals surface area (Å²) in [6.45, 7) is 2.00. The van der Waals surface area contributed by atoms with Crippen LogP contribution in [0.1, 0.15) is 24.1 Å². The standard InChI is InChI=1S/C19H15N3O2/c1-13(17-8-4-6-14-5-2-3-7-18(14)17)21-19-10-9-16(22(23)24)11-15(19)12-20/h2-11,13,21H,1H3/t13-/m0/s1. The van der Waals surface area contributed by atoms with Gasteiger partial charge >= 0.3 is 0 Å². The molecule has 118 valence electrons. The minimum atomic E-state index is -0.501. The number of anilines is 1. The van der Waals surface area contributed by atoms with E-state index in [2.05, 4.69) is 23.5 Å². The fraction of sp³-hybridized carbons (Fsp3) is 0.105. The Morgan fingerprint density at radius 1 is 1.12 bits per heavy atom. The average Bonchev–Trinajstić information content (AvgIpc) is 2.61. The van der Waals surface area contributed by atoms with Crippen molar-refractivity contribution in [3.8, 4) is 6.07 Å². The van der Waals surface area contributed by atoms with E-state index >= 15 is 0 Å². The zero-order valence-corrected chi connectivity index (χ0v) is 13.1. The van der Waals surface area contributed by atoms with Crippen molar-refractivity contribution in [1.29, 1.82) is 5.26 Å². The first-order chi connectivity index (χ1) is 11.6. The van der Waals surface area contributed by atoms with Gasteiger partial charge in [0.05, 0.1) is 16.2 Å². The molecule has 0 saturated heterocycles. The third kappa shape index (κ3) is 2.90. The Hall–Kier alpha value is -3.39. The first-order valence-electron chi connectivity index (χ1n) is 7.53. The summed E-state index contributed by atoms with van der Waals surface area (Å²) in [7, 11) is 0. The van der Waals surface area contributed by atoms with Gasteiger partial charge in [-0.05, 0) is 29.3 Å². The van der Waals surface area contributed by atoms with Gasteiger partial charge < -0.3 is 5.32 Å². The zero-order chi connectivity index (χ0) is 17.1. The van der Waals surface area contributed by atoms with Crippen molar-refractivity contribution in [3.63, 3.8) is 0 Å². The van der Waals surface area contributed by atoms with Gasteiger partial charge in [0.1, 0.15) is 6.07 Å². The zero-order valence-electron chi connectivity index (χ0n) is 13.1. The van der Waals surface area contributed by atoms with E-state index in [1.54, 1.807) is 6.07 Å². The molecule has 1 N–H and O–H groups in total. The Labute approximate surface area is 139 Å². The number of nitrogens with one attached hydrogen (secondary N) is 1. The lowest BCUT2D eigenvalue weighted by molar-refractivity contribution is -0.384. The molecule has 0 unspecified atom stereocenters. The van der Waals surface area contributed by atoms with Crippen LogP contribution >= 0.6 is 0 Å². The van der Waals surface area contributed by atoms with E-state index in [-0.39, 0.29) is 17.3 Å². The molecule has 24 heavy (non-hydrogen) atoms. The van der Waals surface area contributed by atoms with Crippen molar-refractivity contribution in [2.45, 2.75) is 13.0 Å². The maximum absolute atomic E-state index is 10.8. The van der Waals surface area contributed by atoms with Crippen LogP contribution in [-0.2, 0) is 0 Å². The molecular weight excluding hydrogens is 302 g/mol. The van der Waals surface area contributed by atoms with E-state index in [1.807, 2.05) is 37.3 Å². The van der Waals surface area contributed by atoms with E-state index < -0.39 is 4.92 Å². The highest BCUT2D eigenvalue weighted by atomic mass is 16.6. The number of nitriles is 1. The number of non-ortho nitro benzene ring substituents is 1. The smallest absolute Gasteiger partial charge is 0.270 e. The topological polar surface area (TPSA) is 79.0 Å². The van der Waals surface area contributed by atoms with Crippen molar-refractivity contribution in [2.24, 2.45) is 0 Å². The van der Waals surface area contributed by atoms with E-state index in [0.29, 0.717) is 5.69 Å². The van der Waals surface area contributed by atoms with E-state index in [0.717, 1.165) is 16.3 Å². The number of nitro groups is 1. The minimum absolute atomic E-state index is 0.0512. The molecule has 0 aromatic heterocycles. The van der Waals surface area contributed by atoms with Crippen LogP contribution in [-0.4, -0.2) is 4.92 Å². The number of nitro benzene ring substituents is 1. The van der Waals surface area contributed by atoms with Crippen LogP contribution in [0.4, 0.5) is 11.4 Å². The Bertz CT molecular complexity index is 955. The normalized spacial score (nSPS) is 11.7. The molecule has 0 amide bonds. The highest BCUT2D eigenvalue weighted by Crippen LogP contribution is 2.29. The van der Waals surface area contributed by atoms with Crippen LogP contribution in [0.2, 0.25) is 0 Å². The number of hydrogen-bond donors (Lipinski definition) is 1. The summed E-state index contributed by atoms with van der Waals surface area (Å²) in [5.74, 6) is 0. The summed E-state index contributed by atoms with van der Waals surface area (Å²) in [6.07, 6.45) is 0. The van der Waals surface area contributed by atoms with Crippen LogP contribution in [0, 0.1) is 21.4 Å². The van der Waals surface area contributed by atoms with Crippen molar-refractivity contribution >= 4 is 22.1 Å². The molecule has 0 radical (unpaired) electrons. The second kappa shape index (κ2) is 6.39. The largest absolute Gasteiger partial charge is 0.377 e. The van der Waals surface area contributed by atoms with Gasteiger partial charge in [0.2, 0.25) is 0 Å². The summed E-state index contributed by atoms with van der Waals surface area (Å²) >= 11 is 0. The van der Waals surface area contributed by atoms with E-state index in [9.17, 15) is 15.4 Å². The van der Waals surface area contributed by atoms with E-state index in [1.165, 1.54) is 12.1 Å². The van der Waals surface area contributed by atoms with Crippen molar-refractivity contribution in [1.82, 2.24) is 0 Å². The Morgan fingerprint density at radius 3 is 2.62 bits per heavy atom. The molecule has 0 aliphatic rings. The number of hydrogen-bond acceptors (Lipinski definition) is 4. The predicted octanol–water partition coefficient (Wildman–Crippen LogP) is 4.79. The number of benzene rings is 3. The molecule has 0 saturated carbocycles. The summed E-state index contributed by atoms with van der Waals surface area (Å²) in [6, 6.07) is 20.4. The molecule has 0 bridgehead atoms. The fourth-order valence-corrected chi connectivity index (χ4v) is 2.80. The summed E-state index contributed by atoms with van der Waals surface area (Å²) in [5.41, 5.74) is 1.87. The number of fused-ring (bicyclic) bond motifs is 1. The molecule has 0 fully saturated rings. The Morgan fingerprint density at radius 2 is 1.88 bits per heavy atom. The molecule has 3 aromatic rings. The minimum Gasteiger partial charge on any atom is -0.377 e. The van der Waals surface area contributed by atoms with Crippen LogP contribution < -0.4 is 5.32 Å². The fourth-order valence-electron chi connectivity index (χ4n) is 2.80. The summed E-state index contributed by atoms with van der Waals surface area (Å²) in [5, 5.41) is 25.7. The molecular formula is C19H15N3O2. The SMILES string of the molecule is C[C@H](Nc1ccc([N+](=O)[O-])cc1C#N)c1cccc2ccccc12. The predicted molar refractivity (Wildman–Crippen MR) is 93.8 cm³/mol. The molecule has 1 atom stereocenters. The number of rotatable bonds is 4. The van der Waals surface area contributed by atoms with Crippen LogP contribution in [0.3, 0.4) is 0 Å². The second-order valence-electron chi connectivity index (χ2n) is 5.53. The molecule has 0 aliphatic carbocycles. The molecule has 0 spiro atoms. The van der Waals surface area contributed by atoms with Gasteiger partial charge in [-0.25, -0.2) is 0 Å². The average molecular weight is 317 g/mol. The summed E-state index contributed by atoms with van der Waals surface area (Å²) < 4.78 is 0. The van der Waals surface area contributed by atoms with Gasteiger partial charge in [0.15, 0.2) is 0 Å². The van der Waals surface area contributed by atoms with Gasteiger partial charge in [0.25, 0.3) is 5.69 Å². The lowest BCUT2D eigenvalue weighted by atomic mass is 9.99. The van der Waals surface area contributed by atoms with Crippen LogP contribution in [0.15, 0.2) is 60.7 Å². The maximum atomic E-state index is 10.8. The van der Waals surface area contributed by atoms with Gasteiger partial charge in [-0.15, -0.1) is 0 Å². The third-order valence-electron chi connectivity index (χ3n) is 4.00. The monoisotopic (exact) mass is 317 g/mol. The van der Waals surface area contributed by atoms with Crippen LogP contribution in [0.25, 0.3) is 10.8 Å². The highest BCUT2D eigenvalue weighted by molar-refractivity contribution is 5.86. The third-order valence-corrected chi connectivity index (χ3v) is 4.00. The number of nitrogens with zero attached hydrogens (tertiary/aromatic N) is 2. The van der Waals surface area contributed by atoms with Gasteiger partial charge in [-0.2, -0.15) is 5.26 Å². The lowest BCUT2D eigenvalue weighted by Crippen LogP contribution is -2.08. The molecule has 3 rings (SSSR count). The summed E-state index contributed by atoms with van der Waals surface area (Å²) in [4.78, 5) is 10.3. The van der Waals surface area contributed by atoms with Crippen LogP contribution in [0.5, 0.6) is 0 Å². The molecule has 5 heteroatoms. The molecule has 5 nitrogen and oxygen atoms in total. The second-order valence-corrected chi connectivity index (χ2v) is 5.53. The highest BCUT2D eigenvalue weighted by Gasteiger charge is 2.14. The maximum Gasteiger partial charge on any atom is 0.270 e. The van der Waals surface area contributed by atoms with Crippen molar-refractivity contribution < 1.29 is 4.92 Å². The van der Waals surface area contributed by atoms with Gasteiger partial charge in [0, 0.05) is 18.2 Å². The molecule has 0 aliphatic heterocycles. The molecule has 3 aromatic carbocycles. The van der Waals surface area contributed by atoms with Crippen molar-refractivity contribution in [2.75, 3.05) is 5.32 Å². The Kier molecular flexibility index (Phi) is 4.13. The van der Waals surface area contributed by atoms with Crippen molar-refractivity contribution in [3.05, 3.63) is 81.9 Å². The quantitative estimate of drug-likeness (QED) is 0.554. The first kappa shape index (κ1) is 15.5. The van der Waals surface area contributed by atoms with Gasteiger partial charge in [-0.1, -0.05) is 42.5 Å². The first-order valence-corrected chi connectivity index (χ1v) is 7.53. The lowest BCUT2D eigenvalue weighted by Gasteiger charge is -2.18. The molecule has 0 heterocycles.